The first-order valence-corrected chi connectivity index (χ1v) is 11.4. The van der Waals surface area contributed by atoms with Gasteiger partial charge in [-0.1, -0.05) is 6.07 Å². The van der Waals surface area contributed by atoms with E-state index in [4.69, 9.17) is 9.47 Å². The normalized spacial score (nSPS) is 17.3. The summed E-state index contributed by atoms with van der Waals surface area (Å²) >= 11 is 0. The van der Waals surface area contributed by atoms with E-state index in [1.807, 2.05) is 0 Å². The summed E-state index contributed by atoms with van der Waals surface area (Å²) in [5, 5.41) is 0. The van der Waals surface area contributed by atoms with Crippen LogP contribution in [-0.2, 0) is 4.79 Å². The fraction of sp³-hybridized carbons (Fsp3) is 0.440. The first-order chi connectivity index (χ1) is 16.8. The number of benzene rings is 1. The fourth-order valence-corrected chi connectivity index (χ4v) is 4.73. The Balaban J connectivity index is 1.37. The second kappa shape index (κ2) is 9.97. The second-order valence-electron chi connectivity index (χ2n) is 9.01. The van der Waals surface area contributed by atoms with Crippen LogP contribution in [0.3, 0.4) is 0 Å². The van der Waals surface area contributed by atoms with Gasteiger partial charge in [0, 0.05) is 38.5 Å². The van der Waals surface area contributed by atoms with Crippen molar-refractivity contribution in [3.8, 4) is 11.9 Å². The summed E-state index contributed by atoms with van der Waals surface area (Å²) < 4.78 is 38.8. The molecule has 2 aliphatic heterocycles. The van der Waals surface area contributed by atoms with Gasteiger partial charge in [-0.15, -0.1) is 0 Å². The van der Waals surface area contributed by atoms with Crippen molar-refractivity contribution in [3.63, 3.8) is 0 Å². The molecule has 10 heteroatoms. The molecule has 2 aromatic rings. The number of aromatic nitrogens is 2. The van der Waals surface area contributed by atoms with Crippen LogP contribution in [0.2, 0.25) is 0 Å². The van der Waals surface area contributed by atoms with E-state index in [1.54, 1.807) is 11.0 Å². The Morgan fingerprint density at radius 2 is 1.74 bits per heavy atom. The zero-order chi connectivity index (χ0) is 25.2. The topological polar surface area (TPSA) is 84.9 Å². The maximum atomic E-state index is 14.4. The highest BCUT2D eigenvalue weighted by Crippen LogP contribution is 2.41. The summed E-state index contributed by atoms with van der Waals surface area (Å²) in [4.78, 5) is 37.1. The van der Waals surface area contributed by atoms with Crippen LogP contribution in [0.5, 0.6) is 11.9 Å². The summed E-state index contributed by atoms with van der Waals surface area (Å²) in [5.74, 6) is -2.11. The molecule has 0 radical (unpaired) electrons. The molecular formula is C25H28F2N4O4. The molecule has 0 N–H and O–H groups in total. The highest BCUT2D eigenvalue weighted by atomic mass is 19.1. The van der Waals surface area contributed by atoms with E-state index in [0.29, 0.717) is 50.5 Å². The average molecular weight is 487 g/mol. The second-order valence-corrected chi connectivity index (χ2v) is 9.01. The van der Waals surface area contributed by atoms with Crippen molar-refractivity contribution >= 4 is 17.9 Å². The summed E-state index contributed by atoms with van der Waals surface area (Å²) in [6.45, 7) is 3.47. The van der Waals surface area contributed by atoms with E-state index in [-0.39, 0.29) is 22.9 Å². The minimum atomic E-state index is -0.846. The molecule has 35 heavy (non-hydrogen) atoms. The Hall–Kier alpha value is -3.56. The SMILES string of the molecule is COc1ncc(C=CC(=O)N2CCC3(CCN(C(=O)c4c(F)ccc(C)c4F)CC3)C2)c(OC)n1. The Kier molecular flexibility index (Phi) is 7.00. The highest BCUT2D eigenvalue weighted by molar-refractivity contribution is 5.95. The molecule has 1 aromatic heterocycles. The number of nitrogens with zero attached hydrogens (tertiary/aromatic N) is 4. The van der Waals surface area contributed by atoms with E-state index in [0.717, 1.165) is 12.5 Å². The molecule has 186 valence electrons. The molecule has 8 nitrogen and oxygen atoms in total. The minimum absolute atomic E-state index is 0.106. The molecule has 0 aliphatic carbocycles. The molecule has 0 saturated carbocycles. The number of carbonyl (C=O) groups excluding carboxylic acids is 2. The summed E-state index contributed by atoms with van der Waals surface area (Å²) in [7, 11) is 2.93. The highest BCUT2D eigenvalue weighted by Gasteiger charge is 2.43. The molecule has 1 spiro atoms. The van der Waals surface area contributed by atoms with E-state index in [9.17, 15) is 18.4 Å². The molecule has 0 bridgehead atoms. The number of hydrogen-bond acceptors (Lipinski definition) is 6. The van der Waals surface area contributed by atoms with Crippen LogP contribution in [0.25, 0.3) is 6.08 Å². The van der Waals surface area contributed by atoms with Gasteiger partial charge in [0.05, 0.1) is 19.8 Å². The van der Waals surface area contributed by atoms with Crippen molar-refractivity contribution in [1.82, 2.24) is 19.8 Å². The smallest absolute Gasteiger partial charge is 0.319 e. The van der Waals surface area contributed by atoms with Gasteiger partial charge in [0.2, 0.25) is 11.8 Å². The number of methoxy groups -OCH3 is 2. The number of carbonyl (C=O) groups is 2. The molecule has 2 fully saturated rings. The van der Waals surface area contributed by atoms with E-state index in [2.05, 4.69) is 9.97 Å². The molecule has 1 aromatic carbocycles. The maximum absolute atomic E-state index is 14.4. The summed E-state index contributed by atoms with van der Waals surface area (Å²) in [6.07, 6.45) is 6.75. The van der Waals surface area contributed by atoms with Gasteiger partial charge in [0.1, 0.15) is 17.2 Å². The molecule has 2 amide bonds. The van der Waals surface area contributed by atoms with Crippen LogP contribution in [-0.4, -0.2) is 72.0 Å². The lowest BCUT2D eigenvalue weighted by atomic mass is 9.77. The van der Waals surface area contributed by atoms with Crippen molar-refractivity contribution in [2.24, 2.45) is 5.41 Å². The summed E-state index contributed by atoms with van der Waals surface area (Å²) in [6, 6.07) is 2.62. The van der Waals surface area contributed by atoms with Crippen molar-refractivity contribution in [2.45, 2.75) is 26.2 Å². The standard InChI is InChI=1S/C25H28F2N4O4/c1-16-4-6-18(26)20(21(16)27)23(33)30-11-8-25(9-12-30)10-13-31(15-25)19(32)7-5-17-14-28-24(35-3)29-22(17)34-2/h4-7,14H,8-13,15H2,1-3H3. The Labute approximate surface area is 202 Å². The van der Waals surface area contributed by atoms with Gasteiger partial charge < -0.3 is 19.3 Å². The van der Waals surface area contributed by atoms with Gasteiger partial charge in [-0.2, -0.15) is 4.98 Å². The van der Waals surface area contributed by atoms with Crippen LogP contribution in [0.4, 0.5) is 8.78 Å². The lowest BCUT2D eigenvalue weighted by molar-refractivity contribution is -0.125. The predicted molar refractivity (Wildman–Crippen MR) is 124 cm³/mol. The van der Waals surface area contributed by atoms with Crippen LogP contribution in [0.1, 0.15) is 40.7 Å². The van der Waals surface area contributed by atoms with Crippen molar-refractivity contribution in [3.05, 3.63) is 52.7 Å². The predicted octanol–water partition coefficient (Wildman–Crippen LogP) is 3.25. The lowest BCUT2D eigenvalue weighted by Gasteiger charge is -2.39. The van der Waals surface area contributed by atoms with Gasteiger partial charge in [-0.25, -0.2) is 13.8 Å². The quantitative estimate of drug-likeness (QED) is 0.604. The minimum Gasteiger partial charge on any atom is -0.480 e. The number of hydrogen-bond donors (Lipinski definition) is 0. The van der Waals surface area contributed by atoms with Crippen LogP contribution < -0.4 is 9.47 Å². The number of rotatable bonds is 5. The van der Waals surface area contributed by atoms with Gasteiger partial charge in [-0.05, 0) is 49.3 Å². The number of halogens is 2. The number of ether oxygens (including phenoxy) is 2. The van der Waals surface area contributed by atoms with Crippen LogP contribution in [0.15, 0.2) is 24.4 Å². The fourth-order valence-electron chi connectivity index (χ4n) is 4.73. The monoisotopic (exact) mass is 486 g/mol. The Morgan fingerprint density at radius 1 is 1.06 bits per heavy atom. The third kappa shape index (κ3) is 4.96. The molecule has 2 aliphatic rings. The molecule has 3 heterocycles. The third-order valence-electron chi connectivity index (χ3n) is 6.90. The number of aryl methyl sites for hydroxylation is 1. The van der Waals surface area contributed by atoms with Crippen molar-refractivity contribution in [2.75, 3.05) is 40.4 Å². The van der Waals surface area contributed by atoms with Crippen molar-refractivity contribution in [1.29, 1.82) is 0 Å². The third-order valence-corrected chi connectivity index (χ3v) is 6.90. The zero-order valence-electron chi connectivity index (χ0n) is 20.0. The van der Waals surface area contributed by atoms with E-state index >= 15 is 0 Å². The van der Waals surface area contributed by atoms with E-state index < -0.39 is 23.1 Å². The van der Waals surface area contributed by atoms with Gasteiger partial charge >= 0.3 is 6.01 Å². The number of piperidine rings is 1. The van der Waals surface area contributed by atoms with Crippen molar-refractivity contribution < 1.29 is 27.8 Å². The van der Waals surface area contributed by atoms with Crippen LogP contribution >= 0.6 is 0 Å². The van der Waals surface area contributed by atoms with Gasteiger partial charge in [-0.3, -0.25) is 9.59 Å². The molecule has 4 rings (SSSR count). The Morgan fingerprint density at radius 3 is 2.40 bits per heavy atom. The zero-order valence-corrected chi connectivity index (χ0v) is 20.0. The Bertz CT molecular complexity index is 1160. The lowest BCUT2D eigenvalue weighted by Crippen LogP contribution is -2.45. The van der Waals surface area contributed by atoms with Crippen LogP contribution in [0, 0.1) is 24.0 Å². The average Bonchev–Trinajstić information content (AvgIpc) is 3.28. The first-order valence-electron chi connectivity index (χ1n) is 11.4. The van der Waals surface area contributed by atoms with E-state index in [1.165, 1.54) is 44.4 Å². The molecule has 0 unspecified atom stereocenters. The molecule has 0 atom stereocenters. The van der Waals surface area contributed by atoms with Gasteiger partial charge in [0.15, 0.2) is 0 Å². The molecule has 2 saturated heterocycles. The maximum Gasteiger partial charge on any atom is 0.319 e. The van der Waals surface area contributed by atoms with Gasteiger partial charge in [0.25, 0.3) is 5.91 Å². The largest absolute Gasteiger partial charge is 0.480 e. The number of likely N-dealkylation sites (tertiary alicyclic amines) is 2. The summed E-state index contributed by atoms with van der Waals surface area (Å²) in [5.41, 5.74) is 0.190. The molecular weight excluding hydrogens is 458 g/mol. The first kappa shape index (κ1) is 24.6. The number of amides is 2.